The summed E-state index contributed by atoms with van der Waals surface area (Å²) >= 11 is 0. The standard InChI is InChI=1S/C17H15NO2/c1-20-17(19)10-9-12-6-4-8-16-14(12)11-13-5-2-3-7-15(13)18-16/h2-8,11H,9-10H2,1H3. The lowest BCUT2D eigenvalue weighted by molar-refractivity contribution is -0.140. The molecule has 20 heavy (non-hydrogen) atoms. The molecule has 1 aromatic heterocycles. The molecule has 1 heterocycles. The van der Waals surface area contributed by atoms with Crippen LogP contribution in [-0.2, 0) is 16.0 Å². The van der Waals surface area contributed by atoms with Gasteiger partial charge in [-0.2, -0.15) is 0 Å². The summed E-state index contributed by atoms with van der Waals surface area (Å²) in [5.74, 6) is -0.184. The minimum atomic E-state index is -0.184. The number of esters is 1. The Bertz CT molecular complexity index is 780. The first-order valence-electron chi connectivity index (χ1n) is 6.62. The lowest BCUT2D eigenvalue weighted by Crippen LogP contribution is -2.02. The van der Waals surface area contributed by atoms with Gasteiger partial charge in [0.15, 0.2) is 0 Å². The zero-order valence-electron chi connectivity index (χ0n) is 11.3. The monoisotopic (exact) mass is 265 g/mol. The van der Waals surface area contributed by atoms with Gasteiger partial charge in [0.1, 0.15) is 0 Å². The number of carbonyl (C=O) groups is 1. The van der Waals surface area contributed by atoms with Crippen LogP contribution in [0.3, 0.4) is 0 Å². The molecular formula is C17H15NO2. The summed E-state index contributed by atoms with van der Waals surface area (Å²) in [6.07, 6.45) is 1.06. The zero-order valence-corrected chi connectivity index (χ0v) is 11.3. The molecule has 0 aliphatic heterocycles. The summed E-state index contributed by atoms with van der Waals surface area (Å²) in [5, 5.41) is 2.22. The molecule has 3 nitrogen and oxygen atoms in total. The normalized spacial score (nSPS) is 10.8. The minimum absolute atomic E-state index is 0.184. The van der Waals surface area contributed by atoms with E-state index in [0.29, 0.717) is 12.8 Å². The highest BCUT2D eigenvalue weighted by atomic mass is 16.5. The summed E-state index contributed by atoms with van der Waals surface area (Å²) in [5.41, 5.74) is 3.09. The minimum Gasteiger partial charge on any atom is -0.469 e. The molecular weight excluding hydrogens is 250 g/mol. The molecule has 0 aliphatic carbocycles. The van der Waals surface area contributed by atoms with E-state index in [2.05, 4.69) is 17.1 Å². The van der Waals surface area contributed by atoms with E-state index in [1.165, 1.54) is 7.11 Å². The number of ether oxygens (including phenoxy) is 1. The van der Waals surface area contributed by atoms with Crippen LogP contribution in [-0.4, -0.2) is 18.1 Å². The molecule has 3 rings (SSSR count). The maximum absolute atomic E-state index is 11.3. The average Bonchev–Trinajstić information content (AvgIpc) is 2.50. The number of rotatable bonds is 3. The van der Waals surface area contributed by atoms with Crippen molar-refractivity contribution < 1.29 is 9.53 Å². The number of fused-ring (bicyclic) bond motifs is 2. The van der Waals surface area contributed by atoms with Gasteiger partial charge >= 0.3 is 5.97 Å². The summed E-state index contributed by atoms with van der Waals surface area (Å²) in [7, 11) is 1.42. The van der Waals surface area contributed by atoms with Crippen LogP contribution >= 0.6 is 0 Å². The number of nitrogens with zero attached hydrogens (tertiary/aromatic N) is 1. The van der Waals surface area contributed by atoms with Gasteiger partial charge < -0.3 is 4.74 Å². The Hall–Kier alpha value is -2.42. The smallest absolute Gasteiger partial charge is 0.305 e. The molecule has 0 saturated carbocycles. The number of methoxy groups -OCH3 is 1. The summed E-state index contributed by atoms with van der Waals surface area (Å²) in [4.78, 5) is 16.0. The number of pyridine rings is 1. The Kier molecular flexibility index (Phi) is 3.33. The molecule has 0 unspecified atom stereocenters. The largest absolute Gasteiger partial charge is 0.469 e. The lowest BCUT2D eigenvalue weighted by Gasteiger charge is -2.07. The van der Waals surface area contributed by atoms with Gasteiger partial charge in [0.25, 0.3) is 0 Å². The van der Waals surface area contributed by atoms with Gasteiger partial charge in [0, 0.05) is 17.2 Å². The molecule has 0 atom stereocenters. The second-order valence-corrected chi connectivity index (χ2v) is 4.74. The van der Waals surface area contributed by atoms with Gasteiger partial charge in [-0.1, -0.05) is 30.3 Å². The molecule has 0 aliphatic rings. The van der Waals surface area contributed by atoms with Gasteiger partial charge in [-0.05, 0) is 30.2 Å². The van der Waals surface area contributed by atoms with Crippen molar-refractivity contribution in [2.24, 2.45) is 0 Å². The van der Waals surface area contributed by atoms with Crippen LogP contribution in [0.15, 0.2) is 48.5 Å². The van der Waals surface area contributed by atoms with Gasteiger partial charge in [0.05, 0.1) is 18.1 Å². The molecule has 0 fully saturated rings. The molecule has 3 heteroatoms. The van der Waals surface area contributed by atoms with E-state index in [-0.39, 0.29) is 5.97 Å². The Morgan fingerprint density at radius 3 is 2.75 bits per heavy atom. The summed E-state index contributed by atoms with van der Waals surface area (Å²) in [6.45, 7) is 0. The SMILES string of the molecule is COC(=O)CCc1cccc2nc3ccccc3cc12. The van der Waals surface area contributed by atoms with Crippen molar-refractivity contribution in [3.63, 3.8) is 0 Å². The Morgan fingerprint density at radius 1 is 1.10 bits per heavy atom. The number of benzene rings is 2. The Morgan fingerprint density at radius 2 is 1.90 bits per heavy atom. The van der Waals surface area contributed by atoms with Crippen LogP contribution in [0.4, 0.5) is 0 Å². The van der Waals surface area contributed by atoms with E-state index in [9.17, 15) is 4.79 Å². The maximum atomic E-state index is 11.3. The number of hydrogen-bond acceptors (Lipinski definition) is 3. The molecule has 3 aromatic rings. The Balaban J connectivity index is 2.08. The molecule has 2 aromatic carbocycles. The summed E-state index contributed by atoms with van der Waals surface area (Å²) < 4.78 is 4.70. The zero-order chi connectivity index (χ0) is 13.9. The second kappa shape index (κ2) is 5.29. The first-order valence-corrected chi connectivity index (χ1v) is 6.62. The first kappa shape index (κ1) is 12.6. The van der Waals surface area contributed by atoms with Gasteiger partial charge in [-0.3, -0.25) is 4.79 Å². The van der Waals surface area contributed by atoms with E-state index in [4.69, 9.17) is 4.74 Å². The first-order chi connectivity index (χ1) is 9.78. The second-order valence-electron chi connectivity index (χ2n) is 4.74. The van der Waals surface area contributed by atoms with Crippen LogP contribution in [0.1, 0.15) is 12.0 Å². The van der Waals surface area contributed by atoms with Crippen molar-refractivity contribution in [1.82, 2.24) is 4.98 Å². The highest BCUT2D eigenvalue weighted by molar-refractivity contribution is 5.94. The molecule has 0 spiro atoms. The van der Waals surface area contributed by atoms with Crippen molar-refractivity contribution >= 4 is 27.8 Å². The lowest BCUT2D eigenvalue weighted by atomic mass is 10.0. The third-order valence-corrected chi connectivity index (χ3v) is 3.48. The molecule has 0 saturated heterocycles. The number of aryl methyl sites for hydroxylation is 1. The topological polar surface area (TPSA) is 39.2 Å². The van der Waals surface area contributed by atoms with E-state index >= 15 is 0 Å². The fourth-order valence-corrected chi connectivity index (χ4v) is 2.42. The predicted octanol–water partition coefficient (Wildman–Crippen LogP) is 3.49. The van der Waals surface area contributed by atoms with Crippen molar-refractivity contribution in [3.05, 3.63) is 54.1 Å². The van der Waals surface area contributed by atoms with Crippen LogP contribution in [0.2, 0.25) is 0 Å². The molecule has 0 amide bonds. The van der Waals surface area contributed by atoms with Gasteiger partial charge in [-0.15, -0.1) is 0 Å². The number of para-hydroxylation sites is 1. The molecule has 100 valence electrons. The van der Waals surface area contributed by atoms with E-state index in [1.807, 2.05) is 36.4 Å². The number of hydrogen-bond donors (Lipinski definition) is 0. The molecule has 0 bridgehead atoms. The van der Waals surface area contributed by atoms with Crippen LogP contribution < -0.4 is 0 Å². The summed E-state index contributed by atoms with van der Waals surface area (Å²) in [6, 6.07) is 16.2. The molecule has 0 radical (unpaired) electrons. The fourth-order valence-electron chi connectivity index (χ4n) is 2.42. The number of aromatic nitrogens is 1. The maximum Gasteiger partial charge on any atom is 0.305 e. The van der Waals surface area contributed by atoms with Crippen LogP contribution in [0.5, 0.6) is 0 Å². The Labute approximate surface area is 117 Å². The highest BCUT2D eigenvalue weighted by Crippen LogP contribution is 2.23. The van der Waals surface area contributed by atoms with E-state index < -0.39 is 0 Å². The highest BCUT2D eigenvalue weighted by Gasteiger charge is 2.07. The quantitative estimate of drug-likeness (QED) is 0.537. The van der Waals surface area contributed by atoms with Crippen molar-refractivity contribution in [3.8, 4) is 0 Å². The van der Waals surface area contributed by atoms with Crippen LogP contribution in [0.25, 0.3) is 21.8 Å². The molecule has 0 N–H and O–H groups in total. The van der Waals surface area contributed by atoms with Gasteiger partial charge in [-0.25, -0.2) is 4.98 Å². The van der Waals surface area contributed by atoms with Gasteiger partial charge in [0.2, 0.25) is 0 Å². The van der Waals surface area contributed by atoms with Crippen molar-refractivity contribution in [1.29, 1.82) is 0 Å². The average molecular weight is 265 g/mol. The van der Waals surface area contributed by atoms with E-state index in [1.54, 1.807) is 0 Å². The van der Waals surface area contributed by atoms with Crippen molar-refractivity contribution in [2.75, 3.05) is 7.11 Å². The van der Waals surface area contributed by atoms with Crippen LogP contribution in [0, 0.1) is 0 Å². The third kappa shape index (κ3) is 2.35. The van der Waals surface area contributed by atoms with E-state index in [0.717, 1.165) is 27.4 Å². The van der Waals surface area contributed by atoms with Crippen molar-refractivity contribution in [2.45, 2.75) is 12.8 Å². The fraction of sp³-hybridized carbons (Fsp3) is 0.176. The predicted molar refractivity (Wildman–Crippen MR) is 79.6 cm³/mol. The third-order valence-electron chi connectivity index (χ3n) is 3.48. The number of carbonyl (C=O) groups excluding carboxylic acids is 1.